The topological polar surface area (TPSA) is 65.4 Å². The molecule has 0 radical (unpaired) electrons. The Kier molecular flexibility index (Phi) is 7.84. The maximum absolute atomic E-state index is 12.2. The number of carbonyl (C=O) groups excluding carboxylic acids is 1. The predicted molar refractivity (Wildman–Crippen MR) is 82.4 cm³/mol. The molecule has 0 aromatic heterocycles. The van der Waals surface area contributed by atoms with Crippen LogP contribution in [0.4, 0.5) is 0 Å². The van der Waals surface area contributed by atoms with Crippen LogP contribution in [0.25, 0.3) is 0 Å². The van der Waals surface area contributed by atoms with Crippen LogP contribution in [-0.4, -0.2) is 43.2 Å². The van der Waals surface area contributed by atoms with Crippen molar-refractivity contribution in [2.75, 3.05) is 26.2 Å². The molecule has 118 valence electrons. The van der Waals surface area contributed by atoms with Crippen LogP contribution >= 0.6 is 0 Å². The van der Waals surface area contributed by atoms with Gasteiger partial charge < -0.3 is 15.0 Å². The lowest BCUT2D eigenvalue weighted by Gasteiger charge is -2.30. The largest absolute Gasteiger partial charge is 0.390 e. The molecule has 0 aromatic rings. The molecule has 0 atom stereocenters. The third-order valence-corrected chi connectivity index (χ3v) is 3.58. The fourth-order valence-corrected chi connectivity index (χ4v) is 2.19. The van der Waals surface area contributed by atoms with Crippen LogP contribution < -0.4 is 5.32 Å². The minimum absolute atomic E-state index is 0.157. The van der Waals surface area contributed by atoms with Gasteiger partial charge in [-0.25, -0.2) is 0 Å². The number of piperidine rings is 1. The number of nitrogens with zero attached hydrogens (tertiary/aromatic N) is 2. The zero-order valence-corrected chi connectivity index (χ0v) is 13.4. The van der Waals surface area contributed by atoms with E-state index < -0.39 is 0 Å². The summed E-state index contributed by atoms with van der Waals surface area (Å²) in [6.45, 7) is 9.07. The first kappa shape index (κ1) is 17.5. The molecule has 1 saturated heterocycles. The van der Waals surface area contributed by atoms with Crippen molar-refractivity contribution >= 4 is 5.91 Å². The number of amides is 1. The first-order valence-corrected chi connectivity index (χ1v) is 7.79. The van der Waals surface area contributed by atoms with E-state index in [0.717, 1.165) is 32.4 Å². The van der Waals surface area contributed by atoms with Gasteiger partial charge in [0.05, 0.1) is 6.10 Å². The van der Waals surface area contributed by atoms with Crippen molar-refractivity contribution < 1.29 is 9.53 Å². The molecule has 1 N–H and O–H groups in total. The van der Waals surface area contributed by atoms with Crippen LogP contribution in [-0.2, 0) is 9.53 Å². The van der Waals surface area contributed by atoms with Crippen molar-refractivity contribution in [1.29, 1.82) is 5.26 Å². The monoisotopic (exact) mass is 293 g/mol. The highest BCUT2D eigenvalue weighted by atomic mass is 16.5. The van der Waals surface area contributed by atoms with Crippen molar-refractivity contribution in [3.63, 3.8) is 0 Å². The second-order valence-electron chi connectivity index (χ2n) is 5.87. The SMILES string of the molecule is CC1CCN(C(=O)/C(C#N)=C\NCCCOC(C)C)CC1. The summed E-state index contributed by atoms with van der Waals surface area (Å²) < 4.78 is 5.43. The van der Waals surface area contributed by atoms with Gasteiger partial charge in [-0.05, 0) is 39.0 Å². The van der Waals surface area contributed by atoms with Crippen LogP contribution in [0.3, 0.4) is 0 Å². The first-order chi connectivity index (χ1) is 10.0. The summed E-state index contributed by atoms with van der Waals surface area (Å²) in [5, 5.41) is 12.2. The summed E-state index contributed by atoms with van der Waals surface area (Å²) in [6.07, 6.45) is 4.66. The quantitative estimate of drug-likeness (QED) is 0.443. The average molecular weight is 293 g/mol. The van der Waals surface area contributed by atoms with E-state index in [4.69, 9.17) is 10.00 Å². The zero-order valence-electron chi connectivity index (χ0n) is 13.4. The van der Waals surface area contributed by atoms with E-state index in [0.29, 0.717) is 19.1 Å². The zero-order chi connectivity index (χ0) is 15.7. The number of rotatable bonds is 7. The smallest absolute Gasteiger partial charge is 0.265 e. The molecule has 1 fully saturated rings. The lowest BCUT2D eigenvalue weighted by Crippen LogP contribution is -2.38. The van der Waals surface area contributed by atoms with E-state index in [1.54, 1.807) is 4.90 Å². The molecule has 21 heavy (non-hydrogen) atoms. The fraction of sp³-hybridized carbons (Fsp3) is 0.750. The number of likely N-dealkylation sites (tertiary alicyclic amines) is 1. The highest BCUT2D eigenvalue weighted by Gasteiger charge is 2.22. The van der Waals surface area contributed by atoms with E-state index in [1.165, 1.54) is 6.20 Å². The van der Waals surface area contributed by atoms with E-state index in [2.05, 4.69) is 12.2 Å². The normalized spacial score (nSPS) is 16.9. The molecule has 5 nitrogen and oxygen atoms in total. The Labute approximate surface area is 127 Å². The number of carbonyl (C=O) groups is 1. The molecule has 0 aliphatic carbocycles. The summed E-state index contributed by atoms with van der Waals surface area (Å²) in [6, 6.07) is 2.00. The second kappa shape index (κ2) is 9.41. The van der Waals surface area contributed by atoms with Gasteiger partial charge in [0.15, 0.2) is 0 Å². The van der Waals surface area contributed by atoms with Crippen LogP contribution in [0.2, 0.25) is 0 Å². The lowest BCUT2D eigenvalue weighted by molar-refractivity contribution is -0.128. The molecule has 0 bridgehead atoms. The molecular weight excluding hydrogens is 266 g/mol. The Morgan fingerprint density at radius 2 is 2.14 bits per heavy atom. The van der Waals surface area contributed by atoms with E-state index in [9.17, 15) is 4.79 Å². The Hall–Kier alpha value is -1.54. The van der Waals surface area contributed by atoms with Crippen LogP contribution in [0.5, 0.6) is 0 Å². The minimum Gasteiger partial charge on any atom is -0.390 e. The minimum atomic E-state index is -0.157. The Morgan fingerprint density at radius 3 is 2.71 bits per heavy atom. The van der Waals surface area contributed by atoms with Gasteiger partial charge in [-0.1, -0.05) is 6.92 Å². The third kappa shape index (κ3) is 6.63. The van der Waals surface area contributed by atoms with Gasteiger partial charge in [-0.2, -0.15) is 5.26 Å². The Bertz CT molecular complexity index is 391. The maximum atomic E-state index is 12.2. The van der Waals surface area contributed by atoms with Gasteiger partial charge in [-0.3, -0.25) is 4.79 Å². The number of ether oxygens (including phenoxy) is 1. The van der Waals surface area contributed by atoms with Gasteiger partial charge in [0.25, 0.3) is 5.91 Å². The highest BCUT2D eigenvalue weighted by molar-refractivity contribution is 5.97. The summed E-state index contributed by atoms with van der Waals surface area (Å²) in [7, 11) is 0. The molecule has 0 spiro atoms. The van der Waals surface area contributed by atoms with E-state index in [1.807, 2.05) is 19.9 Å². The van der Waals surface area contributed by atoms with Crippen LogP contribution in [0.1, 0.15) is 40.0 Å². The molecule has 0 unspecified atom stereocenters. The van der Waals surface area contributed by atoms with Crippen molar-refractivity contribution in [2.45, 2.75) is 46.1 Å². The van der Waals surface area contributed by atoms with Crippen molar-refractivity contribution in [1.82, 2.24) is 10.2 Å². The molecular formula is C16H27N3O2. The van der Waals surface area contributed by atoms with Crippen molar-refractivity contribution in [3.8, 4) is 6.07 Å². The number of nitrogens with one attached hydrogen (secondary N) is 1. The predicted octanol–water partition coefficient (Wildman–Crippen LogP) is 2.06. The summed E-state index contributed by atoms with van der Waals surface area (Å²) >= 11 is 0. The van der Waals surface area contributed by atoms with E-state index in [-0.39, 0.29) is 17.6 Å². The summed E-state index contributed by atoms with van der Waals surface area (Å²) in [5.74, 6) is 0.512. The molecule has 1 heterocycles. The van der Waals surface area contributed by atoms with Gasteiger partial charge in [0.2, 0.25) is 0 Å². The Balaban J connectivity index is 2.34. The fourth-order valence-electron chi connectivity index (χ4n) is 2.19. The summed E-state index contributed by atoms with van der Waals surface area (Å²) in [4.78, 5) is 14.0. The molecule has 1 aliphatic rings. The van der Waals surface area contributed by atoms with Crippen LogP contribution in [0, 0.1) is 17.2 Å². The standard InChI is InChI=1S/C16H27N3O2/c1-13(2)21-10-4-7-18-12-15(11-17)16(20)19-8-5-14(3)6-9-19/h12-14,18H,4-10H2,1-3H3/b15-12-. The van der Waals surface area contributed by atoms with Crippen molar-refractivity contribution in [2.24, 2.45) is 5.92 Å². The number of hydrogen-bond donors (Lipinski definition) is 1. The van der Waals surface area contributed by atoms with Crippen molar-refractivity contribution in [3.05, 3.63) is 11.8 Å². The number of nitriles is 1. The molecule has 0 aromatic carbocycles. The molecule has 5 heteroatoms. The maximum Gasteiger partial charge on any atom is 0.265 e. The summed E-state index contributed by atoms with van der Waals surface area (Å²) in [5.41, 5.74) is 0.189. The van der Waals surface area contributed by atoms with Crippen LogP contribution in [0.15, 0.2) is 11.8 Å². The first-order valence-electron chi connectivity index (χ1n) is 7.79. The third-order valence-electron chi connectivity index (χ3n) is 3.58. The van der Waals surface area contributed by atoms with E-state index >= 15 is 0 Å². The molecule has 1 amide bonds. The second-order valence-corrected chi connectivity index (χ2v) is 5.87. The van der Waals surface area contributed by atoms with Gasteiger partial charge in [0.1, 0.15) is 11.6 Å². The van der Waals surface area contributed by atoms with Gasteiger partial charge >= 0.3 is 0 Å². The molecule has 1 aliphatic heterocycles. The highest BCUT2D eigenvalue weighted by Crippen LogP contribution is 2.17. The van der Waals surface area contributed by atoms with Gasteiger partial charge in [0, 0.05) is 32.4 Å². The Morgan fingerprint density at radius 1 is 1.48 bits per heavy atom. The van der Waals surface area contributed by atoms with Gasteiger partial charge in [-0.15, -0.1) is 0 Å². The molecule has 0 saturated carbocycles. The molecule has 1 rings (SSSR count). The number of hydrogen-bond acceptors (Lipinski definition) is 4. The lowest BCUT2D eigenvalue weighted by atomic mass is 9.99. The average Bonchev–Trinajstić information content (AvgIpc) is 2.46.